The molecule has 0 spiro atoms. The minimum Gasteiger partial charge on any atom is -0.271 e. The van der Waals surface area contributed by atoms with Crippen LogP contribution in [0.5, 0.6) is 0 Å². The van der Waals surface area contributed by atoms with Crippen molar-refractivity contribution in [2.75, 3.05) is 0 Å². The zero-order valence-corrected chi connectivity index (χ0v) is 8.44. The second kappa shape index (κ2) is 2.79. The Morgan fingerprint density at radius 1 is 1.67 bits per heavy atom. The monoisotopic (exact) mass is 224 g/mol. The van der Waals surface area contributed by atoms with Crippen molar-refractivity contribution in [3.63, 3.8) is 0 Å². The van der Waals surface area contributed by atoms with Crippen LogP contribution < -0.4 is 0 Å². The van der Waals surface area contributed by atoms with Gasteiger partial charge in [0.1, 0.15) is 4.33 Å². The van der Waals surface area contributed by atoms with Crippen molar-refractivity contribution < 1.29 is 0 Å². The lowest BCUT2D eigenvalue weighted by atomic mass is 10.4. The molecule has 0 aliphatic heterocycles. The highest BCUT2D eigenvalue weighted by Gasteiger charge is 2.51. The molecule has 1 saturated carbocycles. The summed E-state index contributed by atoms with van der Waals surface area (Å²) in [5.74, 6) is 0.316. The summed E-state index contributed by atoms with van der Waals surface area (Å²) in [7, 11) is 0. The number of hydrogen-bond acceptors (Lipinski definition) is 1. The molecule has 66 valence electrons. The molecule has 0 aromatic carbocycles. The van der Waals surface area contributed by atoms with Crippen LogP contribution in [0.2, 0.25) is 5.02 Å². The lowest BCUT2D eigenvalue weighted by Crippen LogP contribution is -2.03. The van der Waals surface area contributed by atoms with Gasteiger partial charge in [-0.3, -0.25) is 4.68 Å². The second-order valence-corrected chi connectivity index (χ2v) is 5.02. The van der Waals surface area contributed by atoms with Crippen molar-refractivity contribution in [1.29, 1.82) is 0 Å². The third kappa shape index (κ3) is 1.70. The molecule has 1 fully saturated rings. The van der Waals surface area contributed by atoms with Crippen molar-refractivity contribution in [2.45, 2.75) is 17.3 Å². The normalized spacial score (nSPS) is 25.8. The summed E-state index contributed by atoms with van der Waals surface area (Å²) in [5, 5.41) is 4.67. The Kier molecular flexibility index (Phi) is 2.02. The second-order valence-electron chi connectivity index (χ2n) is 3.04. The van der Waals surface area contributed by atoms with E-state index in [1.54, 1.807) is 17.1 Å². The van der Waals surface area contributed by atoms with Gasteiger partial charge >= 0.3 is 0 Å². The van der Waals surface area contributed by atoms with Gasteiger partial charge in [0.25, 0.3) is 0 Å². The molecule has 5 heteroatoms. The van der Waals surface area contributed by atoms with E-state index in [-0.39, 0.29) is 0 Å². The van der Waals surface area contributed by atoms with Crippen LogP contribution >= 0.6 is 34.8 Å². The smallest absolute Gasteiger partial charge is 0.123 e. The van der Waals surface area contributed by atoms with Crippen LogP contribution in [0.25, 0.3) is 0 Å². The van der Waals surface area contributed by atoms with Gasteiger partial charge in [0.05, 0.1) is 11.2 Å². The Balaban J connectivity index is 1.97. The Labute approximate surface area is 85.4 Å². The highest BCUT2D eigenvalue weighted by molar-refractivity contribution is 6.50. The summed E-state index contributed by atoms with van der Waals surface area (Å²) in [5.41, 5.74) is 0. The highest BCUT2D eigenvalue weighted by Crippen LogP contribution is 2.53. The first-order chi connectivity index (χ1) is 5.58. The number of hydrogen-bond donors (Lipinski definition) is 0. The summed E-state index contributed by atoms with van der Waals surface area (Å²) >= 11 is 17.4. The molecule has 1 aromatic rings. The third-order valence-electron chi connectivity index (χ3n) is 1.96. The quantitative estimate of drug-likeness (QED) is 0.708. The SMILES string of the molecule is Clc1cnn(CC2CC2(Cl)Cl)c1. The molecule has 1 atom stereocenters. The van der Waals surface area contributed by atoms with E-state index in [0.29, 0.717) is 10.9 Å². The topological polar surface area (TPSA) is 17.8 Å². The minimum absolute atomic E-state index is 0.316. The van der Waals surface area contributed by atoms with Gasteiger partial charge in [-0.2, -0.15) is 5.10 Å². The minimum atomic E-state index is -0.529. The van der Waals surface area contributed by atoms with Gasteiger partial charge in [-0.25, -0.2) is 0 Å². The fourth-order valence-electron chi connectivity index (χ4n) is 1.13. The summed E-state index contributed by atoms with van der Waals surface area (Å²) in [4.78, 5) is 0. The third-order valence-corrected chi connectivity index (χ3v) is 3.09. The first kappa shape index (κ1) is 8.67. The molecular formula is C7H7Cl3N2. The maximum absolute atomic E-state index is 5.86. The highest BCUT2D eigenvalue weighted by atomic mass is 35.5. The molecule has 1 heterocycles. The molecule has 0 N–H and O–H groups in total. The van der Waals surface area contributed by atoms with Crippen LogP contribution in [0.4, 0.5) is 0 Å². The zero-order valence-electron chi connectivity index (χ0n) is 6.17. The molecule has 1 aliphatic carbocycles. The van der Waals surface area contributed by atoms with E-state index in [2.05, 4.69) is 5.10 Å². The van der Waals surface area contributed by atoms with Crippen LogP contribution in [-0.4, -0.2) is 14.1 Å². The van der Waals surface area contributed by atoms with Crippen molar-refractivity contribution in [3.05, 3.63) is 17.4 Å². The predicted molar refractivity (Wildman–Crippen MR) is 49.8 cm³/mol. The first-order valence-corrected chi connectivity index (χ1v) is 4.77. The molecule has 0 radical (unpaired) electrons. The van der Waals surface area contributed by atoms with Crippen molar-refractivity contribution in [2.24, 2.45) is 5.92 Å². The van der Waals surface area contributed by atoms with Gasteiger partial charge in [-0.15, -0.1) is 23.2 Å². The summed E-state index contributed by atoms with van der Waals surface area (Å²) < 4.78 is 1.23. The van der Waals surface area contributed by atoms with Crippen molar-refractivity contribution in [3.8, 4) is 0 Å². The van der Waals surface area contributed by atoms with Gasteiger partial charge in [0.2, 0.25) is 0 Å². The molecule has 2 nitrogen and oxygen atoms in total. The number of nitrogens with zero attached hydrogens (tertiary/aromatic N) is 2. The van der Waals surface area contributed by atoms with E-state index in [9.17, 15) is 0 Å². The molecular weight excluding hydrogens is 218 g/mol. The van der Waals surface area contributed by atoms with Crippen LogP contribution in [0.15, 0.2) is 12.4 Å². The molecule has 12 heavy (non-hydrogen) atoms. The maximum atomic E-state index is 5.86. The van der Waals surface area contributed by atoms with E-state index in [1.807, 2.05) is 0 Å². The van der Waals surface area contributed by atoms with E-state index >= 15 is 0 Å². The number of alkyl halides is 2. The maximum Gasteiger partial charge on any atom is 0.123 e. The molecule has 1 unspecified atom stereocenters. The fourth-order valence-corrected chi connectivity index (χ4v) is 1.80. The number of rotatable bonds is 2. The van der Waals surface area contributed by atoms with Crippen LogP contribution in [0, 0.1) is 5.92 Å². The Morgan fingerprint density at radius 2 is 2.33 bits per heavy atom. The first-order valence-electron chi connectivity index (χ1n) is 3.64. The average Bonchev–Trinajstić information content (AvgIpc) is 2.41. The van der Waals surface area contributed by atoms with E-state index < -0.39 is 4.33 Å². The number of halogens is 3. The van der Waals surface area contributed by atoms with Crippen molar-refractivity contribution >= 4 is 34.8 Å². The van der Waals surface area contributed by atoms with Gasteiger partial charge in [0, 0.05) is 18.7 Å². The fraction of sp³-hybridized carbons (Fsp3) is 0.571. The molecule has 0 saturated heterocycles. The molecule has 0 amide bonds. The zero-order chi connectivity index (χ0) is 8.77. The summed E-state index contributed by atoms with van der Waals surface area (Å²) in [6.45, 7) is 0.750. The lowest BCUT2D eigenvalue weighted by Gasteiger charge is -1.99. The summed E-state index contributed by atoms with van der Waals surface area (Å²) in [6, 6.07) is 0. The van der Waals surface area contributed by atoms with E-state index in [1.165, 1.54) is 0 Å². The Bertz CT molecular complexity index is 295. The van der Waals surface area contributed by atoms with Crippen molar-refractivity contribution in [1.82, 2.24) is 9.78 Å². The Morgan fingerprint density at radius 3 is 2.75 bits per heavy atom. The van der Waals surface area contributed by atoms with Crippen LogP contribution in [0.3, 0.4) is 0 Å². The van der Waals surface area contributed by atoms with Crippen LogP contribution in [0.1, 0.15) is 6.42 Å². The van der Waals surface area contributed by atoms with Gasteiger partial charge in [-0.1, -0.05) is 11.6 Å². The van der Waals surface area contributed by atoms with E-state index in [0.717, 1.165) is 13.0 Å². The van der Waals surface area contributed by atoms with E-state index in [4.69, 9.17) is 34.8 Å². The number of aromatic nitrogens is 2. The standard InChI is InChI=1S/C7H7Cl3N2/c8-6-2-11-12(4-6)3-5-1-7(5,9)10/h2,4-5H,1,3H2. The van der Waals surface area contributed by atoms with Gasteiger partial charge in [0.15, 0.2) is 0 Å². The largest absolute Gasteiger partial charge is 0.271 e. The Hall–Kier alpha value is 0.0800. The van der Waals surface area contributed by atoms with Crippen LogP contribution in [-0.2, 0) is 6.54 Å². The molecule has 2 rings (SSSR count). The van der Waals surface area contributed by atoms with Gasteiger partial charge < -0.3 is 0 Å². The van der Waals surface area contributed by atoms with Gasteiger partial charge in [-0.05, 0) is 6.42 Å². The average molecular weight is 226 g/mol. The molecule has 0 bridgehead atoms. The molecule has 1 aliphatic rings. The predicted octanol–water partition coefficient (Wildman–Crippen LogP) is 2.73. The molecule has 1 aromatic heterocycles. The summed E-state index contributed by atoms with van der Waals surface area (Å²) in [6.07, 6.45) is 4.21. The lowest BCUT2D eigenvalue weighted by molar-refractivity contribution is 0.559.